The van der Waals surface area contributed by atoms with E-state index in [0.29, 0.717) is 30.5 Å². The highest BCUT2D eigenvalue weighted by atomic mass is 19.3. The van der Waals surface area contributed by atoms with Gasteiger partial charge >= 0.3 is 0 Å². The van der Waals surface area contributed by atoms with Gasteiger partial charge in [-0.15, -0.1) is 0 Å². The number of likely N-dealkylation sites (tertiary alicyclic amines) is 1. The smallest absolute Gasteiger partial charge is 0.282 e. The van der Waals surface area contributed by atoms with Gasteiger partial charge in [0.15, 0.2) is 5.82 Å². The summed E-state index contributed by atoms with van der Waals surface area (Å²) >= 11 is 0. The first kappa shape index (κ1) is 25.6. The third-order valence-corrected chi connectivity index (χ3v) is 7.08. The summed E-state index contributed by atoms with van der Waals surface area (Å²) in [6.45, 7) is 5.17. The fourth-order valence-corrected chi connectivity index (χ4v) is 4.87. The molecule has 6 rings (SSSR count). The first-order valence-electron chi connectivity index (χ1n) is 12.8. The standard InChI is InChI=1S/C29H27F2N7O2/c1-18(13-34-32-2)19-5-7-22(8-6-19)35-26-9-10-33-27(36-26)21-4-3-20-11-25(28(39)37-16-29(30,31)17-37)38(24(20)12-21)23-14-40-15-23/h3-13,23,34H,2,14-17H2,1H3,(H,33,35,36)/b18-13+. The van der Waals surface area contributed by atoms with Crippen molar-refractivity contribution in [3.8, 4) is 11.4 Å². The number of nitrogens with zero attached hydrogens (tertiary/aromatic N) is 5. The quantitative estimate of drug-likeness (QED) is 0.238. The Labute approximate surface area is 229 Å². The van der Waals surface area contributed by atoms with Crippen LogP contribution in [0.4, 0.5) is 20.3 Å². The predicted molar refractivity (Wildman–Crippen MR) is 150 cm³/mol. The molecular formula is C29H27F2N7O2. The van der Waals surface area contributed by atoms with Crippen molar-refractivity contribution in [2.24, 2.45) is 5.10 Å². The normalized spacial score (nSPS) is 16.8. The van der Waals surface area contributed by atoms with Gasteiger partial charge in [0.2, 0.25) is 0 Å². The second kappa shape index (κ2) is 10.2. The van der Waals surface area contributed by atoms with Crippen molar-refractivity contribution in [2.75, 3.05) is 31.6 Å². The van der Waals surface area contributed by atoms with Crippen LogP contribution in [0.1, 0.15) is 29.0 Å². The first-order valence-corrected chi connectivity index (χ1v) is 12.8. The fourth-order valence-electron chi connectivity index (χ4n) is 4.87. The molecule has 2 aliphatic heterocycles. The van der Waals surface area contributed by atoms with Gasteiger partial charge in [-0.05, 0) is 48.4 Å². The molecule has 2 aromatic carbocycles. The highest BCUT2D eigenvalue weighted by molar-refractivity contribution is 6.00. The zero-order valence-electron chi connectivity index (χ0n) is 21.8. The van der Waals surface area contributed by atoms with Crippen molar-refractivity contribution >= 4 is 40.6 Å². The molecule has 11 heteroatoms. The molecule has 0 saturated carbocycles. The zero-order valence-corrected chi connectivity index (χ0v) is 21.8. The van der Waals surface area contributed by atoms with Crippen LogP contribution in [0.25, 0.3) is 27.9 Å². The Morgan fingerprint density at radius 2 is 1.93 bits per heavy atom. The highest BCUT2D eigenvalue weighted by Gasteiger charge is 2.47. The molecule has 0 atom stereocenters. The molecule has 2 saturated heterocycles. The van der Waals surface area contributed by atoms with Crippen LogP contribution in [0.5, 0.6) is 0 Å². The number of carbonyl (C=O) groups is 1. The third-order valence-electron chi connectivity index (χ3n) is 7.08. The molecule has 2 fully saturated rings. The molecule has 2 N–H and O–H groups in total. The van der Waals surface area contributed by atoms with Gasteiger partial charge in [0.25, 0.3) is 11.8 Å². The second-order valence-electron chi connectivity index (χ2n) is 9.96. The maximum Gasteiger partial charge on any atom is 0.282 e. The number of benzene rings is 2. The lowest BCUT2D eigenvalue weighted by Crippen LogP contribution is -2.58. The molecule has 0 radical (unpaired) electrons. The number of nitrogens with one attached hydrogen (secondary N) is 2. The summed E-state index contributed by atoms with van der Waals surface area (Å²) in [4.78, 5) is 23.5. The topological polar surface area (TPSA) is 96.7 Å². The Balaban J connectivity index is 1.27. The van der Waals surface area contributed by atoms with Gasteiger partial charge < -0.3 is 19.5 Å². The van der Waals surface area contributed by atoms with E-state index in [0.717, 1.165) is 33.3 Å². The van der Waals surface area contributed by atoms with Crippen LogP contribution in [0.3, 0.4) is 0 Å². The lowest BCUT2D eigenvalue weighted by Gasteiger charge is -2.39. The van der Waals surface area contributed by atoms with Crippen molar-refractivity contribution in [3.63, 3.8) is 0 Å². The predicted octanol–water partition coefficient (Wildman–Crippen LogP) is 5.07. The van der Waals surface area contributed by atoms with E-state index in [1.54, 1.807) is 24.5 Å². The summed E-state index contributed by atoms with van der Waals surface area (Å²) < 4.78 is 34.2. The Kier molecular flexibility index (Phi) is 6.51. The van der Waals surface area contributed by atoms with Crippen molar-refractivity contribution in [3.05, 3.63) is 78.3 Å². The first-order chi connectivity index (χ1) is 19.3. The van der Waals surface area contributed by atoms with E-state index in [9.17, 15) is 13.6 Å². The largest absolute Gasteiger partial charge is 0.377 e. The number of hydrogen-bond donors (Lipinski definition) is 2. The molecule has 0 bridgehead atoms. The molecule has 0 unspecified atom stereocenters. The average molecular weight is 544 g/mol. The summed E-state index contributed by atoms with van der Waals surface area (Å²) in [6, 6.07) is 17.1. The SMILES string of the molecule is C=NN/C=C(\C)c1ccc(Nc2ccnc(-c3ccc4cc(C(=O)N5CC(F)(F)C5)n(C5COC5)c4c3)n2)cc1. The number of anilines is 2. The Hall–Kier alpha value is -4.64. The van der Waals surface area contributed by atoms with Crippen LogP contribution in [-0.2, 0) is 4.74 Å². The molecule has 40 heavy (non-hydrogen) atoms. The number of hydrazone groups is 1. The number of rotatable bonds is 8. The molecule has 9 nitrogen and oxygen atoms in total. The van der Waals surface area contributed by atoms with E-state index in [2.05, 4.69) is 27.5 Å². The van der Waals surface area contributed by atoms with E-state index in [4.69, 9.17) is 9.72 Å². The number of hydrogen-bond acceptors (Lipinski definition) is 7. The van der Waals surface area contributed by atoms with Crippen molar-refractivity contribution in [2.45, 2.75) is 18.9 Å². The lowest BCUT2D eigenvalue weighted by atomic mass is 10.1. The monoisotopic (exact) mass is 543 g/mol. The molecule has 204 valence electrons. The van der Waals surface area contributed by atoms with Crippen molar-refractivity contribution < 1.29 is 18.3 Å². The summed E-state index contributed by atoms with van der Waals surface area (Å²) in [5.41, 5.74) is 7.62. The number of allylic oxidation sites excluding steroid dienone is 1. The van der Waals surface area contributed by atoms with Crippen LogP contribution < -0.4 is 10.7 Å². The van der Waals surface area contributed by atoms with Crippen LogP contribution in [0, 0.1) is 0 Å². The molecule has 2 aliphatic rings. The summed E-state index contributed by atoms with van der Waals surface area (Å²) in [5.74, 6) is -2.09. The van der Waals surface area contributed by atoms with Gasteiger partial charge in [-0.3, -0.25) is 10.2 Å². The number of carbonyl (C=O) groups excluding carboxylic acids is 1. The van der Waals surface area contributed by atoms with Crippen LogP contribution in [-0.4, -0.2) is 64.3 Å². The second-order valence-corrected chi connectivity index (χ2v) is 9.96. The Morgan fingerprint density at radius 3 is 2.60 bits per heavy atom. The molecule has 4 aromatic rings. The fraction of sp³-hybridized carbons (Fsp3) is 0.241. The van der Waals surface area contributed by atoms with Gasteiger partial charge in [0.05, 0.1) is 32.3 Å². The van der Waals surface area contributed by atoms with E-state index >= 15 is 0 Å². The van der Waals surface area contributed by atoms with Crippen molar-refractivity contribution in [1.29, 1.82) is 0 Å². The van der Waals surface area contributed by atoms with Gasteiger partial charge in [-0.25, -0.2) is 18.7 Å². The van der Waals surface area contributed by atoms with Crippen LogP contribution in [0.15, 0.2) is 72.1 Å². The maximum atomic E-state index is 13.5. The summed E-state index contributed by atoms with van der Waals surface area (Å²) in [7, 11) is 0. The van der Waals surface area contributed by atoms with E-state index in [1.807, 2.05) is 54.0 Å². The molecule has 0 aliphatic carbocycles. The van der Waals surface area contributed by atoms with Gasteiger partial charge in [-0.1, -0.05) is 24.3 Å². The minimum atomic E-state index is -2.83. The molecule has 0 spiro atoms. The summed E-state index contributed by atoms with van der Waals surface area (Å²) in [6.07, 6.45) is 3.46. The van der Waals surface area contributed by atoms with Crippen LogP contribution >= 0.6 is 0 Å². The zero-order chi connectivity index (χ0) is 27.9. The van der Waals surface area contributed by atoms with E-state index in [-0.39, 0.29) is 6.04 Å². The molecule has 1 amide bonds. The van der Waals surface area contributed by atoms with Crippen molar-refractivity contribution in [1.82, 2.24) is 24.9 Å². The molecule has 2 aromatic heterocycles. The minimum absolute atomic E-state index is 0.0484. The van der Waals surface area contributed by atoms with Crippen LogP contribution in [0.2, 0.25) is 0 Å². The number of amides is 1. The molecular weight excluding hydrogens is 516 g/mol. The van der Waals surface area contributed by atoms with Gasteiger partial charge in [0, 0.05) is 41.3 Å². The maximum absolute atomic E-state index is 13.5. The average Bonchev–Trinajstić information content (AvgIpc) is 3.28. The van der Waals surface area contributed by atoms with Gasteiger partial charge in [-0.2, -0.15) is 5.10 Å². The van der Waals surface area contributed by atoms with E-state index in [1.165, 1.54) is 4.90 Å². The third kappa shape index (κ3) is 4.91. The molecule has 4 heterocycles. The number of fused-ring (bicyclic) bond motifs is 1. The lowest BCUT2D eigenvalue weighted by molar-refractivity contribution is -0.113. The number of halogens is 2. The van der Waals surface area contributed by atoms with E-state index < -0.39 is 24.9 Å². The number of ether oxygens (including phenoxy) is 1. The Morgan fingerprint density at radius 1 is 1.15 bits per heavy atom. The number of alkyl halides is 2. The van der Waals surface area contributed by atoms with Gasteiger partial charge in [0.1, 0.15) is 11.5 Å². The number of aromatic nitrogens is 3. The highest BCUT2D eigenvalue weighted by Crippen LogP contribution is 2.34. The Bertz CT molecular complexity index is 1620. The summed E-state index contributed by atoms with van der Waals surface area (Å²) in [5, 5.41) is 7.77. The minimum Gasteiger partial charge on any atom is -0.377 e.